The van der Waals surface area contributed by atoms with Gasteiger partial charge in [0, 0.05) is 26.1 Å². The molecule has 128 valence electrons. The third kappa shape index (κ3) is 5.27. The number of nitrogens with zero attached hydrogens (tertiary/aromatic N) is 1. The van der Waals surface area contributed by atoms with Gasteiger partial charge in [0.05, 0.1) is 11.5 Å². The lowest BCUT2D eigenvalue weighted by Gasteiger charge is -2.34. The summed E-state index contributed by atoms with van der Waals surface area (Å²) in [5.41, 5.74) is -0.892. The molecule has 1 heterocycles. The fourth-order valence-corrected chi connectivity index (χ4v) is 2.81. The van der Waals surface area contributed by atoms with Crippen molar-refractivity contribution in [2.45, 2.75) is 65.4 Å². The Kier molecular flexibility index (Phi) is 7.33. The lowest BCUT2D eigenvalue weighted by atomic mass is 9.88. The Bertz CT molecular complexity index is 382. The molecule has 1 saturated heterocycles. The lowest BCUT2D eigenvalue weighted by molar-refractivity contribution is -0.136. The summed E-state index contributed by atoms with van der Waals surface area (Å²) >= 11 is 0. The van der Waals surface area contributed by atoms with E-state index in [0.29, 0.717) is 13.0 Å². The van der Waals surface area contributed by atoms with Crippen LogP contribution in [0.25, 0.3) is 0 Å². The van der Waals surface area contributed by atoms with E-state index in [4.69, 9.17) is 0 Å². The average molecular weight is 312 g/mol. The molecular formula is C17H32N2O3. The topological polar surface area (TPSA) is 69.6 Å². The van der Waals surface area contributed by atoms with Gasteiger partial charge in [-0.1, -0.05) is 27.2 Å². The van der Waals surface area contributed by atoms with E-state index in [1.165, 1.54) is 0 Å². The number of likely N-dealkylation sites (tertiary alicyclic amines) is 1. The molecule has 0 radical (unpaired) electrons. The maximum absolute atomic E-state index is 12.3. The van der Waals surface area contributed by atoms with Gasteiger partial charge in [0.1, 0.15) is 0 Å². The van der Waals surface area contributed by atoms with Crippen LogP contribution >= 0.6 is 0 Å². The zero-order valence-corrected chi connectivity index (χ0v) is 14.5. The molecule has 1 aliphatic rings. The van der Waals surface area contributed by atoms with Crippen LogP contribution in [0.2, 0.25) is 0 Å². The van der Waals surface area contributed by atoms with Crippen molar-refractivity contribution in [2.75, 3.05) is 19.6 Å². The van der Waals surface area contributed by atoms with Crippen LogP contribution < -0.4 is 5.32 Å². The summed E-state index contributed by atoms with van der Waals surface area (Å²) in [6, 6.07) is 0. The highest BCUT2D eigenvalue weighted by Gasteiger charge is 2.31. The maximum Gasteiger partial charge on any atom is 0.225 e. The fourth-order valence-electron chi connectivity index (χ4n) is 2.81. The Balaban J connectivity index is 2.50. The van der Waals surface area contributed by atoms with Crippen LogP contribution in [0.1, 0.15) is 59.8 Å². The van der Waals surface area contributed by atoms with Gasteiger partial charge in [-0.25, -0.2) is 0 Å². The van der Waals surface area contributed by atoms with Gasteiger partial charge in [0.25, 0.3) is 0 Å². The van der Waals surface area contributed by atoms with Gasteiger partial charge in [-0.2, -0.15) is 0 Å². The highest BCUT2D eigenvalue weighted by molar-refractivity contribution is 5.81. The Hall–Kier alpha value is -1.10. The van der Waals surface area contributed by atoms with Crippen LogP contribution in [0.3, 0.4) is 0 Å². The average Bonchev–Trinajstić information content (AvgIpc) is 2.52. The summed E-state index contributed by atoms with van der Waals surface area (Å²) in [5.74, 6) is 0.0771. The van der Waals surface area contributed by atoms with Crippen molar-refractivity contribution in [3.63, 3.8) is 0 Å². The van der Waals surface area contributed by atoms with E-state index >= 15 is 0 Å². The van der Waals surface area contributed by atoms with E-state index in [2.05, 4.69) is 5.32 Å². The van der Waals surface area contributed by atoms with Gasteiger partial charge in [0.2, 0.25) is 11.8 Å². The highest BCUT2D eigenvalue weighted by atomic mass is 16.3. The summed E-state index contributed by atoms with van der Waals surface area (Å²) in [6.45, 7) is 9.29. The van der Waals surface area contributed by atoms with E-state index in [1.54, 1.807) is 6.92 Å². The predicted octanol–water partition coefficient (Wildman–Crippen LogP) is 1.94. The summed E-state index contributed by atoms with van der Waals surface area (Å²) < 4.78 is 0. The van der Waals surface area contributed by atoms with E-state index in [9.17, 15) is 14.7 Å². The first kappa shape index (κ1) is 18.9. The molecule has 1 fully saturated rings. The normalized spacial score (nSPS) is 22.8. The molecule has 2 N–H and O–H groups in total. The SMILES string of the molecule is CCCC(=O)N1CCCC(C(=O)NCC(C)(O)C(C)CC)C1. The van der Waals surface area contributed by atoms with Gasteiger partial charge in [-0.05, 0) is 32.1 Å². The zero-order chi connectivity index (χ0) is 16.8. The molecule has 0 bridgehead atoms. The van der Waals surface area contributed by atoms with Crippen molar-refractivity contribution < 1.29 is 14.7 Å². The Labute approximate surface area is 134 Å². The Morgan fingerprint density at radius 2 is 2.09 bits per heavy atom. The number of carbonyl (C=O) groups excluding carboxylic acids is 2. The van der Waals surface area contributed by atoms with Crippen LogP contribution in [-0.4, -0.2) is 47.1 Å². The third-order valence-corrected chi connectivity index (χ3v) is 4.90. The van der Waals surface area contributed by atoms with E-state index in [-0.39, 0.29) is 30.2 Å². The van der Waals surface area contributed by atoms with Crippen LogP contribution in [0.15, 0.2) is 0 Å². The monoisotopic (exact) mass is 312 g/mol. The Morgan fingerprint density at radius 1 is 1.41 bits per heavy atom. The fraction of sp³-hybridized carbons (Fsp3) is 0.882. The predicted molar refractivity (Wildman–Crippen MR) is 87.3 cm³/mol. The van der Waals surface area contributed by atoms with Crippen LogP contribution in [0.5, 0.6) is 0 Å². The third-order valence-electron chi connectivity index (χ3n) is 4.90. The molecule has 3 unspecified atom stereocenters. The van der Waals surface area contributed by atoms with E-state index in [1.807, 2.05) is 25.7 Å². The van der Waals surface area contributed by atoms with Crippen molar-refractivity contribution in [3.8, 4) is 0 Å². The molecule has 0 spiro atoms. The smallest absolute Gasteiger partial charge is 0.225 e. The number of rotatable bonds is 7. The number of carbonyl (C=O) groups is 2. The van der Waals surface area contributed by atoms with Crippen molar-refractivity contribution >= 4 is 11.8 Å². The number of amides is 2. The summed E-state index contributed by atoms with van der Waals surface area (Å²) in [7, 11) is 0. The molecule has 0 aromatic heterocycles. The summed E-state index contributed by atoms with van der Waals surface area (Å²) in [4.78, 5) is 26.1. The first-order valence-electron chi connectivity index (χ1n) is 8.59. The van der Waals surface area contributed by atoms with Gasteiger partial charge < -0.3 is 15.3 Å². The summed E-state index contributed by atoms with van der Waals surface area (Å²) in [5, 5.41) is 13.2. The molecule has 2 amide bonds. The quantitative estimate of drug-likeness (QED) is 0.755. The maximum atomic E-state index is 12.3. The molecule has 0 saturated carbocycles. The number of nitrogens with one attached hydrogen (secondary N) is 1. The van der Waals surface area contributed by atoms with Crippen molar-refractivity contribution in [2.24, 2.45) is 11.8 Å². The molecule has 1 rings (SSSR count). The van der Waals surface area contributed by atoms with Crippen molar-refractivity contribution in [3.05, 3.63) is 0 Å². The largest absolute Gasteiger partial charge is 0.388 e. The number of hydrogen-bond donors (Lipinski definition) is 2. The summed E-state index contributed by atoms with van der Waals surface area (Å²) in [6.07, 6.45) is 3.94. The molecule has 3 atom stereocenters. The molecule has 5 nitrogen and oxygen atoms in total. The molecule has 0 aliphatic carbocycles. The highest BCUT2D eigenvalue weighted by Crippen LogP contribution is 2.21. The van der Waals surface area contributed by atoms with Gasteiger partial charge in [0.15, 0.2) is 0 Å². The van der Waals surface area contributed by atoms with Gasteiger partial charge >= 0.3 is 0 Å². The van der Waals surface area contributed by atoms with Gasteiger partial charge in [-0.15, -0.1) is 0 Å². The number of hydrogen-bond acceptors (Lipinski definition) is 3. The van der Waals surface area contributed by atoms with Crippen LogP contribution in [0.4, 0.5) is 0 Å². The molecule has 0 aromatic carbocycles. The standard InChI is InChI=1S/C17H32N2O3/c1-5-8-15(20)19-10-7-9-14(11-19)16(21)18-12-17(4,22)13(3)6-2/h13-14,22H,5-12H2,1-4H3,(H,18,21). The number of piperidine rings is 1. The first-order chi connectivity index (χ1) is 10.3. The van der Waals surface area contributed by atoms with Gasteiger partial charge in [-0.3, -0.25) is 9.59 Å². The van der Waals surface area contributed by atoms with E-state index < -0.39 is 5.60 Å². The second-order valence-electron chi connectivity index (χ2n) is 6.81. The Morgan fingerprint density at radius 3 is 2.68 bits per heavy atom. The van der Waals surface area contributed by atoms with Crippen molar-refractivity contribution in [1.29, 1.82) is 0 Å². The van der Waals surface area contributed by atoms with Crippen LogP contribution in [0, 0.1) is 11.8 Å². The molecular weight excluding hydrogens is 280 g/mol. The molecule has 22 heavy (non-hydrogen) atoms. The minimum Gasteiger partial charge on any atom is -0.388 e. The number of aliphatic hydroxyl groups is 1. The van der Waals surface area contributed by atoms with E-state index in [0.717, 1.165) is 32.2 Å². The minimum atomic E-state index is -0.892. The minimum absolute atomic E-state index is 0.0439. The zero-order valence-electron chi connectivity index (χ0n) is 14.5. The first-order valence-corrected chi connectivity index (χ1v) is 8.59. The molecule has 5 heteroatoms. The van der Waals surface area contributed by atoms with Crippen molar-refractivity contribution in [1.82, 2.24) is 10.2 Å². The molecule has 1 aliphatic heterocycles. The second kappa shape index (κ2) is 8.51. The second-order valence-corrected chi connectivity index (χ2v) is 6.81. The molecule has 0 aromatic rings. The lowest BCUT2D eigenvalue weighted by Crippen LogP contribution is -2.50. The van der Waals surface area contributed by atoms with Crippen LogP contribution in [-0.2, 0) is 9.59 Å².